The average Bonchev–Trinajstić information content (AvgIpc) is 2.71. The van der Waals surface area contributed by atoms with Crippen LogP contribution in [0.5, 0.6) is 0 Å². The van der Waals surface area contributed by atoms with Crippen LogP contribution in [-0.2, 0) is 17.6 Å². The quantitative estimate of drug-likeness (QED) is 0.556. The fourth-order valence-corrected chi connectivity index (χ4v) is 2.92. The van der Waals surface area contributed by atoms with Gasteiger partial charge in [-0.15, -0.1) is 0 Å². The number of unbranched alkanes of at least 4 members (excludes halogenated alkanes) is 1. The molecule has 8 heteroatoms. The van der Waals surface area contributed by atoms with Crippen molar-refractivity contribution >= 4 is 18.0 Å². The van der Waals surface area contributed by atoms with Gasteiger partial charge in [0.25, 0.3) is 0 Å². The van der Waals surface area contributed by atoms with Gasteiger partial charge < -0.3 is 20.1 Å². The van der Waals surface area contributed by atoms with E-state index in [9.17, 15) is 14.7 Å². The van der Waals surface area contributed by atoms with Crippen LogP contribution in [0.2, 0.25) is 0 Å². The van der Waals surface area contributed by atoms with Gasteiger partial charge in [-0.2, -0.15) is 0 Å². The number of hydrogen-bond donors (Lipinski definition) is 2. The van der Waals surface area contributed by atoms with Crippen molar-refractivity contribution in [3.05, 3.63) is 53.3 Å². The van der Waals surface area contributed by atoms with Gasteiger partial charge in [-0.25, -0.2) is 19.6 Å². The Kier molecular flexibility index (Phi) is 8.78. The fourth-order valence-electron chi connectivity index (χ4n) is 2.92. The maximum atomic E-state index is 11.7. The minimum atomic E-state index is -1.04. The van der Waals surface area contributed by atoms with Crippen LogP contribution >= 0.6 is 0 Å². The molecule has 2 rings (SSSR count). The van der Waals surface area contributed by atoms with Gasteiger partial charge in [0.1, 0.15) is 5.60 Å². The molecule has 2 aromatic rings. The standard InChI is InChI=1S/C23H32N4O4/c1-23(2,3)31-22(30)24-14-9-8-12-19-18(20(28)29)16-25-21(26-19)27(4)15-13-17-10-6-5-7-11-17/h5-7,10-11,16H,8-9,12-15H2,1-4H3,(H,24,30)(H,28,29). The summed E-state index contributed by atoms with van der Waals surface area (Å²) in [5.41, 5.74) is 1.29. The molecule has 0 fully saturated rings. The van der Waals surface area contributed by atoms with Crippen LogP contribution in [0.25, 0.3) is 0 Å². The molecule has 1 aromatic heterocycles. The number of rotatable bonds is 10. The Labute approximate surface area is 183 Å². The Hall–Kier alpha value is -3.16. The van der Waals surface area contributed by atoms with E-state index in [1.54, 1.807) is 0 Å². The first-order valence-corrected chi connectivity index (χ1v) is 10.5. The molecule has 0 aliphatic rings. The predicted octanol–water partition coefficient (Wildman–Crippen LogP) is 3.70. The van der Waals surface area contributed by atoms with E-state index in [0.29, 0.717) is 37.4 Å². The minimum Gasteiger partial charge on any atom is -0.478 e. The predicted molar refractivity (Wildman–Crippen MR) is 120 cm³/mol. The second-order valence-electron chi connectivity index (χ2n) is 8.38. The molecule has 1 amide bonds. The summed E-state index contributed by atoms with van der Waals surface area (Å²) < 4.78 is 5.20. The lowest BCUT2D eigenvalue weighted by Crippen LogP contribution is -2.33. The Morgan fingerprint density at radius 1 is 1.13 bits per heavy atom. The van der Waals surface area contributed by atoms with Crippen molar-refractivity contribution in [3.63, 3.8) is 0 Å². The van der Waals surface area contributed by atoms with Crippen LogP contribution in [0.3, 0.4) is 0 Å². The number of benzene rings is 1. The highest BCUT2D eigenvalue weighted by Crippen LogP contribution is 2.15. The molecule has 0 aliphatic carbocycles. The average molecular weight is 429 g/mol. The highest BCUT2D eigenvalue weighted by molar-refractivity contribution is 5.88. The number of ether oxygens (including phenoxy) is 1. The lowest BCUT2D eigenvalue weighted by atomic mass is 10.1. The smallest absolute Gasteiger partial charge is 0.407 e. The summed E-state index contributed by atoms with van der Waals surface area (Å²) in [6, 6.07) is 10.1. The number of amides is 1. The molecule has 0 bridgehead atoms. The zero-order chi connectivity index (χ0) is 22.9. The van der Waals surface area contributed by atoms with Crippen LogP contribution < -0.4 is 10.2 Å². The number of aromatic carboxylic acids is 1. The normalized spacial score (nSPS) is 11.1. The summed E-state index contributed by atoms with van der Waals surface area (Å²) in [5, 5.41) is 12.2. The van der Waals surface area contributed by atoms with Crippen molar-refractivity contribution in [1.29, 1.82) is 0 Å². The van der Waals surface area contributed by atoms with E-state index in [4.69, 9.17) is 4.74 Å². The Morgan fingerprint density at radius 3 is 2.48 bits per heavy atom. The second kappa shape index (κ2) is 11.3. The van der Waals surface area contributed by atoms with Crippen LogP contribution in [0, 0.1) is 0 Å². The van der Waals surface area contributed by atoms with Gasteiger partial charge in [-0.05, 0) is 52.0 Å². The van der Waals surface area contributed by atoms with Crippen LogP contribution in [0.4, 0.5) is 10.7 Å². The van der Waals surface area contributed by atoms with E-state index in [1.165, 1.54) is 11.8 Å². The van der Waals surface area contributed by atoms with E-state index < -0.39 is 17.7 Å². The van der Waals surface area contributed by atoms with Gasteiger partial charge in [-0.1, -0.05) is 30.3 Å². The third-order valence-corrected chi connectivity index (χ3v) is 4.51. The molecule has 0 saturated carbocycles. The number of nitrogens with one attached hydrogen (secondary N) is 1. The van der Waals surface area contributed by atoms with Crippen LogP contribution in [-0.4, -0.2) is 52.9 Å². The lowest BCUT2D eigenvalue weighted by molar-refractivity contribution is 0.0526. The van der Waals surface area contributed by atoms with Crippen molar-refractivity contribution in [2.45, 2.75) is 52.1 Å². The van der Waals surface area contributed by atoms with Gasteiger partial charge in [-0.3, -0.25) is 0 Å². The summed E-state index contributed by atoms with van der Waals surface area (Å²) in [4.78, 5) is 33.9. The number of nitrogens with zero attached hydrogens (tertiary/aromatic N) is 3. The molecule has 2 N–H and O–H groups in total. The topological polar surface area (TPSA) is 105 Å². The lowest BCUT2D eigenvalue weighted by Gasteiger charge is -2.19. The molecule has 0 atom stereocenters. The van der Waals surface area contributed by atoms with Crippen molar-refractivity contribution in [2.24, 2.45) is 0 Å². The SMILES string of the molecule is CN(CCc1ccccc1)c1ncc(C(=O)O)c(CCCCNC(=O)OC(C)(C)C)n1. The minimum absolute atomic E-state index is 0.111. The number of hydrogen-bond acceptors (Lipinski definition) is 6. The first-order valence-electron chi connectivity index (χ1n) is 10.5. The molecule has 1 heterocycles. The number of anilines is 1. The number of aryl methyl sites for hydroxylation is 1. The van der Waals surface area contributed by atoms with Crippen LogP contribution in [0.1, 0.15) is 55.2 Å². The Balaban J connectivity index is 1.90. The van der Waals surface area contributed by atoms with Crippen molar-refractivity contribution < 1.29 is 19.4 Å². The summed E-state index contributed by atoms with van der Waals surface area (Å²) in [5.74, 6) is -0.539. The number of carboxylic acids is 1. The molecule has 168 valence electrons. The molecular weight excluding hydrogens is 396 g/mol. The number of carbonyl (C=O) groups excluding carboxylic acids is 1. The molecule has 0 saturated heterocycles. The van der Waals surface area contributed by atoms with Crippen molar-refractivity contribution in [1.82, 2.24) is 15.3 Å². The largest absolute Gasteiger partial charge is 0.478 e. The zero-order valence-corrected chi connectivity index (χ0v) is 18.7. The Morgan fingerprint density at radius 2 is 1.84 bits per heavy atom. The van der Waals surface area contributed by atoms with Gasteiger partial charge in [0.15, 0.2) is 0 Å². The van der Waals surface area contributed by atoms with Crippen molar-refractivity contribution in [3.8, 4) is 0 Å². The summed E-state index contributed by atoms with van der Waals surface area (Å²) in [6.07, 6.45) is 3.61. The first-order chi connectivity index (χ1) is 14.7. The molecule has 0 radical (unpaired) electrons. The highest BCUT2D eigenvalue weighted by atomic mass is 16.6. The fraction of sp³-hybridized carbons (Fsp3) is 0.478. The number of aromatic nitrogens is 2. The van der Waals surface area contributed by atoms with Gasteiger partial charge in [0.2, 0.25) is 5.95 Å². The number of carbonyl (C=O) groups is 2. The third-order valence-electron chi connectivity index (χ3n) is 4.51. The molecule has 0 unspecified atom stereocenters. The summed E-state index contributed by atoms with van der Waals surface area (Å²) >= 11 is 0. The Bertz CT molecular complexity index is 866. The number of carboxylic acid groups (broad SMARTS) is 1. The molecule has 8 nitrogen and oxygen atoms in total. The molecule has 31 heavy (non-hydrogen) atoms. The van der Waals surface area contributed by atoms with Gasteiger partial charge in [0, 0.05) is 26.3 Å². The maximum absolute atomic E-state index is 11.7. The zero-order valence-electron chi connectivity index (χ0n) is 18.7. The molecular formula is C23H32N4O4. The van der Waals surface area contributed by atoms with E-state index in [-0.39, 0.29) is 5.56 Å². The molecule has 1 aromatic carbocycles. The maximum Gasteiger partial charge on any atom is 0.407 e. The van der Waals surface area contributed by atoms with E-state index in [1.807, 2.05) is 50.9 Å². The van der Waals surface area contributed by atoms with E-state index >= 15 is 0 Å². The molecule has 0 spiro atoms. The summed E-state index contributed by atoms with van der Waals surface area (Å²) in [7, 11) is 1.90. The van der Waals surface area contributed by atoms with Crippen LogP contribution in [0.15, 0.2) is 36.5 Å². The van der Waals surface area contributed by atoms with E-state index in [2.05, 4.69) is 27.4 Å². The monoisotopic (exact) mass is 428 g/mol. The van der Waals surface area contributed by atoms with Gasteiger partial charge >= 0.3 is 12.1 Å². The van der Waals surface area contributed by atoms with Gasteiger partial charge in [0.05, 0.1) is 11.3 Å². The third kappa shape index (κ3) is 8.62. The number of alkyl carbamates (subject to hydrolysis) is 1. The molecule has 0 aliphatic heterocycles. The second-order valence-corrected chi connectivity index (χ2v) is 8.38. The summed E-state index contributed by atoms with van der Waals surface area (Å²) in [6.45, 7) is 6.60. The first kappa shape index (κ1) is 24.1. The highest BCUT2D eigenvalue weighted by Gasteiger charge is 2.17. The van der Waals surface area contributed by atoms with Crippen molar-refractivity contribution in [2.75, 3.05) is 25.0 Å². The van der Waals surface area contributed by atoms with E-state index in [0.717, 1.165) is 13.0 Å². The number of likely N-dealkylation sites (N-methyl/N-ethyl adjacent to an activating group) is 1.